The Bertz CT molecular complexity index is 1030. The van der Waals surface area contributed by atoms with Gasteiger partial charge in [-0.2, -0.15) is 0 Å². The van der Waals surface area contributed by atoms with Crippen molar-refractivity contribution in [1.29, 1.82) is 0 Å². The number of halogens is 1. The Balaban J connectivity index is 2.50. The molecule has 1 heterocycles. The summed E-state index contributed by atoms with van der Waals surface area (Å²) in [7, 11) is 0. The van der Waals surface area contributed by atoms with Gasteiger partial charge in [0.15, 0.2) is 5.56 Å². The van der Waals surface area contributed by atoms with Gasteiger partial charge < -0.3 is 9.15 Å². The first-order valence-electron chi connectivity index (χ1n) is 7.94. The van der Waals surface area contributed by atoms with E-state index in [1.165, 1.54) is 0 Å². The maximum absolute atomic E-state index is 12.5. The minimum Gasteiger partial charge on any atom is -0.462 e. The van der Waals surface area contributed by atoms with Crippen LogP contribution in [-0.4, -0.2) is 12.6 Å². The van der Waals surface area contributed by atoms with E-state index in [9.17, 15) is 9.59 Å². The highest BCUT2D eigenvalue weighted by Gasteiger charge is 2.25. The van der Waals surface area contributed by atoms with Crippen molar-refractivity contribution in [3.63, 3.8) is 0 Å². The summed E-state index contributed by atoms with van der Waals surface area (Å²) in [5.74, 6) is -0.716. The molecule has 5 heteroatoms. The zero-order valence-corrected chi connectivity index (χ0v) is 14.9. The lowest BCUT2D eigenvalue weighted by molar-refractivity contribution is 0.0523. The molecule has 0 aliphatic heterocycles. The first kappa shape index (κ1) is 17.2. The third kappa shape index (κ3) is 3.05. The molecule has 3 aromatic rings. The minimum absolute atomic E-state index is 0.134. The molecule has 2 aromatic carbocycles. The van der Waals surface area contributed by atoms with E-state index in [1.54, 1.807) is 37.3 Å². The number of ether oxygens (including phenoxy) is 1. The highest BCUT2D eigenvalue weighted by molar-refractivity contribution is 6.34. The van der Waals surface area contributed by atoms with Crippen LogP contribution in [0.3, 0.4) is 0 Å². The number of esters is 1. The van der Waals surface area contributed by atoms with Gasteiger partial charge in [0.25, 0.3) is 0 Å². The first-order chi connectivity index (χ1) is 11.9. The largest absolute Gasteiger partial charge is 0.462 e. The molecule has 128 valence electrons. The van der Waals surface area contributed by atoms with Crippen molar-refractivity contribution in [1.82, 2.24) is 0 Å². The SMILES string of the molecule is CCOC(=O)c1c(-c2ccccc2Cl)c2cc(C)c(C)cc2oc1=O. The van der Waals surface area contributed by atoms with Crippen LogP contribution in [0, 0.1) is 13.8 Å². The van der Waals surface area contributed by atoms with Gasteiger partial charge in [-0.1, -0.05) is 29.8 Å². The van der Waals surface area contributed by atoms with E-state index in [2.05, 4.69) is 0 Å². The van der Waals surface area contributed by atoms with Gasteiger partial charge in [-0.3, -0.25) is 0 Å². The molecule has 0 N–H and O–H groups in total. The number of aryl methyl sites for hydroxylation is 2. The number of benzene rings is 2. The molecule has 0 amide bonds. The molecule has 0 saturated carbocycles. The molecule has 0 bridgehead atoms. The van der Waals surface area contributed by atoms with Gasteiger partial charge in [-0.15, -0.1) is 0 Å². The number of carbonyl (C=O) groups excluding carboxylic acids is 1. The van der Waals surface area contributed by atoms with Crippen LogP contribution in [-0.2, 0) is 4.74 Å². The van der Waals surface area contributed by atoms with E-state index < -0.39 is 11.6 Å². The number of hydrogen-bond donors (Lipinski definition) is 0. The zero-order chi connectivity index (χ0) is 18.1. The number of fused-ring (bicyclic) bond motifs is 1. The molecular weight excluding hydrogens is 340 g/mol. The summed E-state index contributed by atoms with van der Waals surface area (Å²) >= 11 is 6.35. The van der Waals surface area contributed by atoms with E-state index in [4.69, 9.17) is 20.8 Å². The average molecular weight is 357 g/mol. The van der Waals surface area contributed by atoms with Crippen LogP contribution in [0.1, 0.15) is 28.4 Å². The maximum Gasteiger partial charge on any atom is 0.351 e. The van der Waals surface area contributed by atoms with Crippen molar-refractivity contribution in [2.45, 2.75) is 20.8 Å². The summed E-state index contributed by atoms with van der Waals surface area (Å²) in [6, 6.07) is 10.8. The van der Waals surface area contributed by atoms with Crippen LogP contribution in [0.2, 0.25) is 5.02 Å². The molecule has 0 radical (unpaired) electrons. The van der Waals surface area contributed by atoms with Crippen LogP contribution in [0.4, 0.5) is 0 Å². The molecule has 0 fully saturated rings. The molecular formula is C20H17ClO4. The third-order valence-electron chi connectivity index (χ3n) is 4.14. The van der Waals surface area contributed by atoms with Crippen LogP contribution in [0.15, 0.2) is 45.6 Å². The summed E-state index contributed by atoms with van der Waals surface area (Å²) < 4.78 is 10.5. The van der Waals surface area contributed by atoms with Crippen LogP contribution < -0.4 is 5.63 Å². The van der Waals surface area contributed by atoms with Gasteiger partial charge in [0, 0.05) is 21.5 Å². The summed E-state index contributed by atoms with van der Waals surface area (Å²) in [4.78, 5) is 25.0. The van der Waals surface area contributed by atoms with Gasteiger partial charge in [-0.25, -0.2) is 9.59 Å². The van der Waals surface area contributed by atoms with Crippen molar-refractivity contribution in [2.24, 2.45) is 0 Å². The molecule has 0 aliphatic carbocycles. The van der Waals surface area contributed by atoms with E-state index in [-0.39, 0.29) is 12.2 Å². The van der Waals surface area contributed by atoms with Gasteiger partial charge in [0.2, 0.25) is 0 Å². The molecule has 1 aromatic heterocycles. The van der Waals surface area contributed by atoms with Crippen molar-refractivity contribution < 1.29 is 13.9 Å². The fraction of sp³-hybridized carbons (Fsp3) is 0.200. The fourth-order valence-corrected chi connectivity index (χ4v) is 3.02. The Morgan fingerprint density at radius 3 is 2.52 bits per heavy atom. The normalized spacial score (nSPS) is 10.9. The lowest BCUT2D eigenvalue weighted by Gasteiger charge is -2.13. The van der Waals surface area contributed by atoms with E-state index in [1.807, 2.05) is 19.9 Å². The van der Waals surface area contributed by atoms with Gasteiger partial charge in [-0.05, 0) is 50.1 Å². The Morgan fingerprint density at radius 2 is 1.84 bits per heavy atom. The van der Waals surface area contributed by atoms with Crippen molar-refractivity contribution in [3.8, 4) is 11.1 Å². The highest BCUT2D eigenvalue weighted by Crippen LogP contribution is 2.36. The second-order valence-electron chi connectivity index (χ2n) is 5.77. The summed E-state index contributed by atoms with van der Waals surface area (Å²) in [5.41, 5.74) is 2.59. The smallest absolute Gasteiger partial charge is 0.351 e. The molecule has 25 heavy (non-hydrogen) atoms. The molecule has 0 spiro atoms. The Labute approximate surface area is 150 Å². The third-order valence-corrected chi connectivity index (χ3v) is 4.47. The van der Waals surface area contributed by atoms with Crippen LogP contribution >= 0.6 is 11.6 Å². The second kappa shape index (κ2) is 6.73. The molecule has 0 atom stereocenters. The van der Waals surface area contributed by atoms with E-state index >= 15 is 0 Å². The number of carbonyl (C=O) groups is 1. The molecule has 0 aliphatic rings. The van der Waals surface area contributed by atoms with Crippen molar-refractivity contribution in [2.75, 3.05) is 6.61 Å². The summed E-state index contributed by atoms with van der Waals surface area (Å²) in [5, 5.41) is 1.09. The lowest BCUT2D eigenvalue weighted by atomic mass is 9.95. The highest BCUT2D eigenvalue weighted by atomic mass is 35.5. The standard InChI is InChI=1S/C20H17ClO4/c1-4-24-19(22)18-17(13-7-5-6-8-15(13)21)14-9-11(2)12(3)10-16(14)25-20(18)23/h5-10H,4H2,1-3H3. The summed E-state index contributed by atoms with van der Waals surface area (Å²) in [6.45, 7) is 5.73. The Morgan fingerprint density at radius 1 is 1.16 bits per heavy atom. The van der Waals surface area contributed by atoms with Crippen LogP contribution in [0.5, 0.6) is 0 Å². The Hall–Kier alpha value is -2.59. The molecule has 0 saturated heterocycles. The topological polar surface area (TPSA) is 56.5 Å². The van der Waals surface area contributed by atoms with E-state index in [0.29, 0.717) is 27.1 Å². The van der Waals surface area contributed by atoms with Crippen LogP contribution in [0.25, 0.3) is 22.1 Å². The predicted molar refractivity (Wildman–Crippen MR) is 98.4 cm³/mol. The van der Waals surface area contributed by atoms with Gasteiger partial charge in [0.05, 0.1) is 6.61 Å². The average Bonchev–Trinajstić information content (AvgIpc) is 2.56. The Kier molecular flexibility index (Phi) is 4.64. The first-order valence-corrected chi connectivity index (χ1v) is 8.32. The second-order valence-corrected chi connectivity index (χ2v) is 6.18. The monoisotopic (exact) mass is 356 g/mol. The van der Waals surface area contributed by atoms with Gasteiger partial charge >= 0.3 is 11.6 Å². The van der Waals surface area contributed by atoms with E-state index in [0.717, 1.165) is 11.1 Å². The zero-order valence-electron chi connectivity index (χ0n) is 14.2. The minimum atomic E-state index is -0.732. The summed E-state index contributed by atoms with van der Waals surface area (Å²) in [6.07, 6.45) is 0. The molecule has 4 nitrogen and oxygen atoms in total. The molecule has 0 unspecified atom stereocenters. The predicted octanol–water partition coefficient (Wildman–Crippen LogP) is 4.91. The lowest BCUT2D eigenvalue weighted by Crippen LogP contribution is -2.18. The maximum atomic E-state index is 12.5. The number of rotatable bonds is 3. The number of hydrogen-bond acceptors (Lipinski definition) is 4. The van der Waals surface area contributed by atoms with Crippen molar-refractivity contribution >= 4 is 28.5 Å². The quantitative estimate of drug-likeness (QED) is 0.494. The van der Waals surface area contributed by atoms with Gasteiger partial charge in [0.1, 0.15) is 5.58 Å². The van der Waals surface area contributed by atoms with Crippen molar-refractivity contribution in [3.05, 3.63) is 68.5 Å². The molecule has 3 rings (SSSR count). The fourth-order valence-electron chi connectivity index (χ4n) is 2.79.